The summed E-state index contributed by atoms with van der Waals surface area (Å²) in [5.41, 5.74) is 2.28. The molecule has 0 atom stereocenters. The second-order valence-corrected chi connectivity index (χ2v) is 5.98. The van der Waals surface area contributed by atoms with Gasteiger partial charge in [0.1, 0.15) is 16.5 Å². The Kier molecular flexibility index (Phi) is 4.39. The van der Waals surface area contributed by atoms with Crippen molar-refractivity contribution in [3.8, 4) is 22.1 Å². The summed E-state index contributed by atoms with van der Waals surface area (Å²) >= 11 is 1.69. The molecule has 0 N–H and O–H groups in total. The lowest BCUT2D eigenvalue weighted by molar-refractivity contribution is 0.395. The highest BCUT2D eigenvalue weighted by molar-refractivity contribution is 7.15. The Hall–Kier alpha value is -2.33. The number of aromatic nitrogens is 1. The molecule has 0 saturated carbocycles. The van der Waals surface area contributed by atoms with E-state index in [1.807, 2.05) is 30.5 Å². The highest BCUT2D eigenvalue weighted by atomic mass is 32.1. The Morgan fingerprint density at radius 1 is 1.00 bits per heavy atom. The molecule has 0 fully saturated rings. The number of benzene rings is 2. The molecule has 3 aromatic rings. The molecule has 0 bridgehead atoms. The first-order chi connectivity index (χ1) is 10.8. The highest BCUT2D eigenvalue weighted by Crippen LogP contribution is 2.35. The summed E-state index contributed by atoms with van der Waals surface area (Å²) in [5, 5.41) is 0.963. The Morgan fingerprint density at radius 3 is 2.55 bits per heavy atom. The molecule has 0 radical (unpaired) electrons. The molecule has 0 saturated heterocycles. The number of ether oxygens (including phenoxy) is 2. The van der Waals surface area contributed by atoms with Crippen LogP contribution in [0.4, 0.5) is 0 Å². The van der Waals surface area contributed by atoms with E-state index in [2.05, 4.69) is 29.2 Å². The molecule has 3 nitrogen and oxygen atoms in total. The zero-order valence-corrected chi connectivity index (χ0v) is 13.4. The van der Waals surface area contributed by atoms with Gasteiger partial charge >= 0.3 is 0 Å². The van der Waals surface area contributed by atoms with Crippen molar-refractivity contribution in [2.75, 3.05) is 14.2 Å². The van der Waals surface area contributed by atoms with Crippen LogP contribution in [-0.2, 0) is 6.42 Å². The van der Waals surface area contributed by atoms with Gasteiger partial charge in [0.25, 0.3) is 0 Å². The third kappa shape index (κ3) is 3.12. The topological polar surface area (TPSA) is 31.4 Å². The molecule has 0 spiro atoms. The van der Waals surface area contributed by atoms with Crippen LogP contribution in [0.25, 0.3) is 10.6 Å². The highest BCUT2D eigenvalue weighted by Gasteiger charge is 2.11. The summed E-state index contributed by atoms with van der Waals surface area (Å²) in [6, 6.07) is 16.2. The van der Waals surface area contributed by atoms with Gasteiger partial charge in [-0.2, -0.15) is 0 Å². The standard InChI is InChI=1S/C18H17NO2S/c1-20-14-8-9-16(17(11-14)21-2)18-19-12-15(22-18)10-13-6-4-3-5-7-13/h3-9,11-12H,10H2,1-2H3. The number of hydrogen-bond donors (Lipinski definition) is 0. The van der Waals surface area contributed by atoms with Crippen LogP contribution in [0.1, 0.15) is 10.4 Å². The van der Waals surface area contributed by atoms with Gasteiger partial charge < -0.3 is 9.47 Å². The second-order valence-electron chi connectivity index (χ2n) is 4.86. The first kappa shape index (κ1) is 14.6. The molecule has 3 rings (SSSR count). The first-order valence-corrected chi connectivity index (χ1v) is 7.83. The molecular formula is C18H17NO2S. The Balaban J connectivity index is 1.87. The number of hydrogen-bond acceptors (Lipinski definition) is 4. The van der Waals surface area contributed by atoms with Crippen LogP contribution in [0.15, 0.2) is 54.7 Å². The lowest BCUT2D eigenvalue weighted by Gasteiger charge is -2.08. The average Bonchev–Trinajstić information content (AvgIpc) is 3.03. The molecule has 0 aliphatic rings. The second kappa shape index (κ2) is 6.62. The summed E-state index contributed by atoms with van der Waals surface area (Å²) < 4.78 is 10.7. The zero-order chi connectivity index (χ0) is 15.4. The fraction of sp³-hybridized carbons (Fsp3) is 0.167. The van der Waals surface area contributed by atoms with Gasteiger partial charge in [-0.3, -0.25) is 0 Å². The minimum Gasteiger partial charge on any atom is -0.497 e. The molecule has 4 heteroatoms. The molecule has 0 aliphatic carbocycles. The van der Waals surface area contributed by atoms with Crippen molar-refractivity contribution in [3.05, 3.63) is 65.2 Å². The summed E-state index contributed by atoms with van der Waals surface area (Å²) in [6.07, 6.45) is 2.84. The summed E-state index contributed by atoms with van der Waals surface area (Å²) in [4.78, 5) is 5.78. The van der Waals surface area contributed by atoms with Crippen molar-refractivity contribution in [1.29, 1.82) is 0 Å². The van der Waals surface area contributed by atoms with Gasteiger partial charge in [0, 0.05) is 23.6 Å². The Labute approximate surface area is 134 Å². The van der Waals surface area contributed by atoms with E-state index in [4.69, 9.17) is 9.47 Å². The minimum atomic E-state index is 0.778. The van der Waals surface area contributed by atoms with Crippen LogP contribution in [0, 0.1) is 0 Å². The van der Waals surface area contributed by atoms with Gasteiger partial charge in [0.05, 0.1) is 19.8 Å². The van der Waals surface area contributed by atoms with E-state index in [-0.39, 0.29) is 0 Å². The van der Waals surface area contributed by atoms with E-state index < -0.39 is 0 Å². The van der Waals surface area contributed by atoms with E-state index in [9.17, 15) is 0 Å². The monoisotopic (exact) mass is 311 g/mol. The maximum absolute atomic E-state index is 5.46. The zero-order valence-electron chi connectivity index (χ0n) is 12.6. The number of rotatable bonds is 5. The molecule has 0 aliphatic heterocycles. The van der Waals surface area contributed by atoms with Gasteiger partial charge in [-0.25, -0.2) is 4.98 Å². The summed E-state index contributed by atoms with van der Waals surface area (Å²) in [7, 11) is 3.31. The smallest absolute Gasteiger partial charge is 0.132 e. The largest absolute Gasteiger partial charge is 0.497 e. The predicted octanol–water partition coefficient (Wildman–Crippen LogP) is 4.42. The molecule has 22 heavy (non-hydrogen) atoms. The predicted molar refractivity (Wildman–Crippen MR) is 89.9 cm³/mol. The molecule has 112 valence electrons. The van der Waals surface area contributed by atoms with Crippen molar-refractivity contribution in [2.45, 2.75) is 6.42 Å². The molecule has 0 amide bonds. The number of methoxy groups -OCH3 is 2. The minimum absolute atomic E-state index is 0.778. The molecule has 2 aromatic carbocycles. The van der Waals surface area contributed by atoms with Gasteiger partial charge in [0.2, 0.25) is 0 Å². The van der Waals surface area contributed by atoms with Gasteiger partial charge in [-0.1, -0.05) is 30.3 Å². The van der Waals surface area contributed by atoms with Crippen molar-refractivity contribution in [2.24, 2.45) is 0 Å². The molecule has 1 heterocycles. The Morgan fingerprint density at radius 2 is 1.82 bits per heavy atom. The van der Waals surface area contributed by atoms with Gasteiger partial charge in [-0.15, -0.1) is 11.3 Å². The molecule has 0 unspecified atom stereocenters. The van der Waals surface area contributed by atoms with Gasteiger partial charge in [-0.05, 0) is 17.7 Å². The molecular weight excluding hydrogens is 294 g/mol. The van der Waals surface area contributed by atoms with Crippen molar-refractivity contribution < 1.29 is 9.47 Å². The van der Waals surface area contributed by atoms with Crippen LogP contribution in [0.5, 0.6) is 11.5 Å². The number of thiazole rings is 1. The third-order valence-corrected chi connectivity index (χ3v) is 4.44. The fourth-order valence-electron chi connectivity index (χ4n) is 2.29. The maximum Gasteiger partial charge on any atom is 0.132 e. The van der Waals surface area contributed by atoms with E-state index in [1.165, 1.54) is 10.4 Å². The lowest BCUT2D eigenvalue weighted by atomic mass is 10.1. The third-order valence-electron chi connectivity index (χ3n) is 3.41. The maximum atomic E-state index is 5.46. The normalized spacial score (nSPS) is 10.5. The Bertz CT molecular complexity index is 753. The van der Waals surface area contributed by atoms with Crippen molar-refractivity contribution in [1.82, 2.24) is 4.98 Å². The first-order valence-electron chi connectivity index (χ1n) is 7.01. The van der Waals surface area contributed by atoms with Crippen LogP contribution in [-0.4, -0.2) is 19.2 Å². The quantitative estimate of drug-likeness (QED) is 0.699. The van der Waals surface area contributed by atoms with Crippen LogP contribution in [0.2, 0.25) is 0 Å². The van der Waals surface area contributed by atoms with Crippen LogP contribution < -0.4 is 9.47 Å². The van der Waals surface area contributed by atoms with Crippen LogP contribution >= 0.6 is 11.3 Å². The summed E-state index contributed by atoms with van der Waals surface area (Å²) in [6.45, 7) is 0. The fourth-order valence-corrected chi connectivity index (χ4v) is 3.26. The van der Waals surface area contributed by atoms with Crippen molar-refractivity contribution in [3.63, 3.8) is 0 Å². The average molecular weight is 311 g/mol. The van der Waals surface area contributed by atoms with Gasteiger partial charge in [0.15, 0.2) is 0 Å². The number of nitrogens with zero attached hydrogens (tertiary/aromatic N) is 1. The van der Waals surface area contributed by atoms with Crippen LogP contribution in [0.3, 0.4) is 0 Å². The van der Waals surface area contributed by atoms with Crippen molar-refractivity contribution >= 4 is 11.3 Å². The summed E-state index contributed by atoms with van der Waals surface area (Å²) in [5.74, 6) is 1.56. The SMILES string of the molecule is COc1ccc(-c2ncc(Cc3ccccc3)s2)c(OC)c1. The van der Waals surface area contributed by atoms with E-state index in [0.29, 0.717) is 0 Å². The van der Waals surface area contributed by atoms with E-state index in [0.717, 1.165) is 28.5 Å². The molecule has 1 aromatic heterocycles. The van der Waals surface area contributed by atoms with E-state index in [1.54, 1.807) is 25.6 Å². The lowest BCUT2D eigenvalue weighted by Crippen LogP contribution is -1.89. The van der Waals surface area contributed by atoms with E-state index >= 15 is 0 Å².